The number of rotatable bonds is 10. The van der Waals surface area contributed by atoms with Crippen LogP contribution in [0, 0.1) is 0 Å². The van der Waals surface area contributed by atoms with Crippen molar-refractivity contribution in [2.75, 3.05) is 14.2 Å². The highest BCUT2D eigenvalue weighted by atomic mass is 32.1. The summed E-state index contributed by atoms with van der Waals surface area (Å²) in [5.74, 6) is -14.2. The largest absolute Gasteiger partial charge is 0.487 e. The van der Waals surface area contributed by atoms with Crippen molar-refractivity contribution >= 4 is 33.8 Å². The summed E-state index contributed by atoms with van der Waals surface area (Å²) >= 11 is 1.72. The first-order valence-electron chi connectivity index (χ1n) is 15.4. The summed E-state index contributed by atoms with van der Waals surface area (Å²) in [6, 6.07) is 33.5. The number of hydrogen-bond acceptors (Lipinski definition) is 6. The number of halogens is 6. The molecule has 0 spiro atoms. The van der Waals surface area contributed by atoms with E-state index in [2.05, 4.69) is 0 Å². The Morgan fingerprint density at radius 2 is 0.784 bits per heavy atom. The third kappa shape index (κ3) is 6.02. The average molecular weight is 737 g/mol. The van der Waals surface area contributed by atoms with Gasteiger partial charge in [-0.1, -0.05) is 59.1 Å². The molecule has 0 N–H and O–H groups in total. The minimum Gasteiger partial charge on any atom is -0.487 e. The van der Waals surface area contributed by atoms with Crippen LogP contribution < -0.4 is 18.9 Å². The zero-order chi connectivity index (χ0) is 36.0. The van der Waals surface area contributed by atoms with Crippen molar-refractivity contribution in [1.82, 2.24) is 0 Å². The van der Waals surface area contributed by atoms with E-state index in [0.717, 1.165) is 36.9 Å². The average Bonchev–Trinajstić information content (AvgIpc) is 3.78. The third-order valence-corrected chi connectivity index (χ3v) is 10.5. The molecule has 0 bridgehead atoms. The van der Waals surface area contributed by atoms with Crippen LogP contribution in [0.4, 0.5) is 26.3 Å². The maximum absolute atomic E-state index is 15.9. The van der Waals surface area contributed by atoms with Gasteiger partial charge < -0.3 is 18.9 Å². The summed E-state index contributed by atoms with van der Waals surface area (Å²) in [6.45, 7) is 0. The lowest BCUT2D eigenvalue weighted by atomic mass is 9.96. The van der Waals surface area contributed by atoms with Crippen molar-refractivity contribution in [3.8, 4) is 54.0 Å². The summed E-state index contributed by atoms with van der Waals surface area (Å²) in [4.78, 5) is 0.648. The molecule has 0 unspecified atom stereocenters. The van der Waals surface area contributed by atoms with Gasteiger partial charge in [0.2, 0.25) is 0 Å². The Morgan fingerprint density at radius 1 is 0.451 bits per heavy atom. The Hall–Kier alpha value is -5.20. The monoisotopic (exact) mass is 736 g/mol. The lowest BCUT2D eigenvalue weighted by molar-refractivity contribution is -0.254. The fourth-order valence-corrected chi connectivity index (χ4v) is 7.71. The van der Waals surface area contributed by atoms with Gasteiger partial charge in [0.25, 0.3) is 0 Å². The maximum Gasteiger partial charge on any atom is 0.380 e. The van der Waals surface area contributed by atoms with Crippen LogP contribution in [0.1, 0.15) is 11.1 Å². The molecule has 260 valence electrons. The molecule has 0 atom stereocenters. The highest BCUT2D eigenvalue weighted by Gasteiger charge is 2.80. The topological polar surface area (TPSA) is 36.9 Å². The van der Waals surface area contributed by atoms with E-state index in [-0.39, 0.29) is 10.1 Å². The van der Waals surface area contributed by atoms with E-state index in [9.17, 15) is 0 Å². The Bertz CT molecular complexity index is 2040. The number of alkyl halides is 6. The van der Waals surface area contributed by atoms with E-state index in [1.165, 1.54) is 12.1 Å². The van der Waals surface area contributed by atoms with E-state index in [0.29, 0.717) is 43.9 Å². The van der Waals surface area contributed by atoms with E-state index in [1.807, 2.05) is 36.4 Å². The molecule has 0 radical (unpaired) electrons. The predicted molar refractivity (Wildman–Crippen MR) is 187 cm³/mol. The second-order valence-corrected chi connectivity index (χ2v) is 13.4. The number of hydrogen-bond donors (Lipinski definition) is 0. The molecule has 6 aromatic rings. The number of benzene rings is 4. The number of para-hydroxylation sites is 2. The first-order valence-corrected chi connectivity index (χ1v) is 17.0. The van der Waals surface area contributed by atoms with E-state index in [1.54, 1.807) is 72.8 Å². The van der Waals surface area contributed by atoms with Crippen molar-refractivity contribution in [2.45, 2.75) is 17.8 Å². The van der Waals surface area contributed by atoms with Gasteiger partial charge in [0.1, 0.15) is 23.0 Å². The van der Waals surface area contributed by atoms with Gasteiger partial charge in [-0.2, -0.15) is 26.3 Å². The van der Waals surface area contributed by atoms with Crippen LogP contribution in [0.3, 0.4) is 0 Å². The van der Waals surface area contributed by atoms with Crippen LogP contribution in [0.2, 0.25) is 0 Å². The maximum atomic E-state index is 15.9. The van der Waals surface area contributed by atoms with Crippen molar-refractivity contribution < 1.29 is 45.3 Å². The van der Waals surface area contributed by atoms with Crippen LogP contribution in [0.15, 0.2) is 121 Å². The quantitative estimate of drug-likeness (QED) is 0.131. The fourth-order valence-electron chi connectivity index (χ4n) is 5.74. The first kappa shape index (κ1) is 34.3. The van der Waals surface area contributed by atoms with Crippen LogP contribution in [-0.4, -0.2) is 32.0 Å². The smallest absolute Gasteiger partial charge is 0.380 e. The van der Waals surface area contributed by atoms with Gasteiger partial charge in [-0.3, -0.25) is 0 Å². The molecule has 4 nitrogen and oxygen atoms in total. The molecule has 7 rings (SSSR count). The van der Waals surface area contributed by atoms with Crippen LogP contribution in [0.25, 0.3) is 32.0 Å². The zero-order valence-electron chi connectivity index (χ0n) is 26.8. The van der Waals surface area contributed by atoms with E-state index >= 15 is 26.3 Å². The number of methoxy groups -OCH3 is 2. The Balaban J connectivity index is 1.30. The van der Waals surface area contributed by atoms with Crippen molar-refractivity contribution in [3.63, 3.8) is 0 Å². The molecular formula is C39H26F6O4S2. The molecule has 0 amide bonds. The number of ether oxygens (including phenoxy) is 4. The van der Waals surface area contributed by atoms with Crippen LogP contribution in [0.5, 0.6) is 33.1 Å². The molecule has 51 heavy (non-hydrogen) atoms. The second-order valence-electron chi connectivity index (χ2n) is 11.4. The Morgan fingerprint density at radius 3 is 1.12 bits per heavy atom. The van der Waals surface area contributed by atoms with Gasteiger partial charge in [0.15, 0.2) is 10.1 Å². The van der Waals surface area contributed by atoms with Gasteiger partial charge in [-0.25, -0.2) is 0 Å². The molecule has 0 fully saturated rings. The van der Waals surface area contributed by atoms with Gasteiger partial charge in [-0.05, 0) is 96.1 Å². The first-order chi connectivity index (χ1) is 24.4. The van der Waals surface area contributed by atoms with E-state index < -0.39 is 40.0 Å². The summed E-state index contributed by atoms with van der Waals surface area (Å²) in [6.07, 6.45) is 0. The molecule has 2 aromatic heterocycles. The van der Waals surface area contributed by atoms with Gasteiger partial charge in [-0.15, -0.1) is 0 Å². The summed E-state index contributed by atoms with van der Waals surface area (Å²) < 4.78 is 116. The molecule has 0 saturated heterocycles. The van der Waals surface area contributed by atoms with Gasteiger partial charge >= 0.3 is 17.8 Å². The minimum absolute atomic E-state index is 0.237. The third-order valence-electron chi connectivity index (χ3n) is 8.21. The van der Waals surface area contributed by atoms with Crippen LogP contribution in [-0.2, 0) is 0 Å². The zero-order valence-corrected chi connectivity index (χ0v) is 28.4. The molecule has 2 heterocycles. The second kappa shape index (κ2) is 13.2. The molecule has 0 saturated carbocycles. The van der Waals surface area contributed by atoms with Gasteiger partial charge in [0, 0.05) is 32.0 Å². The fraction of sp³-hybridized carbons (Fsp3) is 0.128. The van der Waals surface area contributed by atoms with Gasteiger partial charge in [0.05, 0.1) is 14.2 Å². The van der Waals surface area contributed by atoms with Crippen LogP contribution >= 0.6 is 22.7 Å². The highest BCUT2D eigenvalue weighted by Crippen LogP contribution is 2.67. The molecule has 0 aliphatic heterocycles. The lowest BCUT2D eigenvalue weighted by Crippen LogP contribution is -2.48. The molecule has 1 aliphatic rings. The van der Waals surface area contributed by atoms with Crippen molar-refractivity contribution in [3.05, 3.63) is 132 Å². The minimum atomic E-state index is -5.77. The Labute approximate surface area is 296 Å². The molecular weight excluding hydrogens is 711 g/mol. The number of thiophene rings is 2. The molecule has 12 heteroatoms. The normalized spacial score (nSPS) is 15.8. The molecule has 1 aliphatic carbocycles. The SMILES string of the molecule is COc1sc(-c2ccc(Oc3ccccc3)cc2)cc1C1=C(c2cc(-c3ccc(Oc4ccccc4)cc3)sc2OC)C(F)(F)C(F)(F)C1(F)F. The number of allylic oxidation sites excluding steroid dienone is 2. The lowest BCUT2D eigenvalue weighted by Gasteiger charge is -2.25. The summed E-state index contributed by atoms with van der Waals surface area (Å²) in [7, 11) is 2.32. The Kier molecular flexibility index (Phi) is 8.84. The summed E-state index contributed by atoms with van der Waals surface area (Å²) in [5.41, 5.74) is -3.21. The van der Waals surface area contributed by atoms with Crippen molar-refractivity contribution in [1.29, 1.82) is 0 Å². The van der Waals surface area contributed by atoms with Crippen molar-refractivity contribution in [2.24, 2.45) is 0 Å². The molecule has 4 aromatic carbocycles. The summed E-state index contributed by atoms with van der Waals surface area (Å²) in [5, 5.41) is -0.475. The predicted octanol–water partition coefficient (Wildman–Crippen LogP) is 12.6. The standard InChI is InChI=1S/C39H26F6O4S2/c1-46-35-29(21-31(50-35)23-13-17-27(18-14-23)48-25-9-5-3-6-10-25)33-34(38(42,43)39(44,45)37(33,40)41)30-22-32(51-36(30)47-2)24-15-19-28(20-16-24)49-26-11-7-4-8-12-26/h3-22H,1-2H3. The van der Waals surface area contributed by atoms with E-state index in [4.69, 9.17) is 18.9 Å². The highest BCUT2D eigenvalue weighted by molar-refractivity contribution is 7.18.